The number of hydrogen-bond donors (Lipinski definition) is 2. The van der Waals surface area contributed by atoms with E-state index in [1.165, 1.54) is 37.7 Å². The molecule has 0 amide bonds. The molecule has 0 unspecified atom stereocenters. The Morgan fingerprint density at radius 2 is 1.73 bits per heavy atom. The zero-order valence-electron chi connectivity index (χ0n) is 20.2. The fourth-order valence-corrected chi connectivity index (χ4v) is 4.72. The summed E-state index contributed by atoms with van der Waals surface area (Å²) in [7, 11) is 4.07. The lowest BCUT2D eigenvalue weighted by Gasteiger charge is -2.29. The first-order valence-electron chi connectivity index (χ1n) is 12.3. The Morgan fingerprint density at radius 1 is 0.970 bits per heavy atom. The molecular formula is C27H37N5O. The maximum Gasteiger partial charge on any atom is 0.225 e. The zero-order chi connectivity index (χ0) is 23.0. The Labute approximate surface area is 197 Å². The van der Waals surface area contributed by atoms with Crippen molar-refractivity contribution in [2.75, 3.05) is 37.5 Å². The Balaban J connectivity index is 1.24. The van der Waals surface area contributed by atoms with Crippen molar-refractivity contribution in [3.05, 3.63) is 54.1 Å². The van der Waals surface area contributed by atoms with Crippen molar-refractivity contribution in [3.8, 4) is 5.75 Å². The van der Waals surface area contributed by atoms with Gasteiger partial charge < -0.3 is 20.3 Å². The summed E-state index contributed by atoms with van der Waals surface area (Å²) in [5.41, 5.74) is 2.23. The zero-order valence-corrected chi connectivity index (χ0v) is 20.2. The second-order valence-electron chi connectivity index (χ2n) is 9.15. The van der Waals surface area contributed by atoms with Crippen LogP contribution in [-0.2, 0) is 6.54 Å². The van der Waals surface area contributed by atoms with Crippen molar-refractivity contribution >= 4 is 22.7 Å². The Morgan fingerprint density at radius 3 is 2.52 bits per heavy atom. The van der Waals surface area contributed by atoms with E-state index in [0.717, 1.165) is 47.4 Å². The van der Waals surface area contributed by atoms with Crippen molar-refractivity contribution < 1.29 is 4.74 Å². The molecule has 2 N–H and O–H groups in total. The van der Waals surface area contributed by atoms with Crippen molar-refractivity contribution in [3.63, 3.8) is 0 Å². The van der Waals surface area contributed by atoms with E-state index in [1.807, 2.05) is 39.2 Å². The molecule has 0 radical (unpaired) electrons. The van der Waals surface area contributed by atoms with Crippen LogP contribution in [-0.4, -0.2) is 43.3 Å². The van der Waals surface area contributed by atoms with Crippen molar-refractivity contribution in [1.29, 1.82) is 0 Å². The standard InChI is InChI=1S/C27H37N5O/c1-4-33-25-12-8-5-9-21(25)19-28-18-17-20-13-15-22(16-14-20)29-27-30-24-11-7-6-10-23(24)26(31-27)32(2)3/h5-12,20,22,28H,4,13-19H2,1-3H3,(H,29,30,31). The number of nitrogens with one attached hydrogen (secondary N) is 2. The van der Waals surface area contributed by atoms with Crippen molar-refractivity contribution in [2.45, 2.75) is 51.6 Å². The maximum atomic E-state index is 5.73. The van der Waals surface area contributed by atoms with E-state index in [-0.39, 0.29) is 0 Å². The number of ether oxygens (including phenoxy) is 1. The van der Waals surface area contributed by atoms with Crippen LogP contribution < -0.4 is 20.3 Å². The van der Waals surface area contributed by atoms with Gasteiger partial charge in [-0.05, 0) is 69.7 Å². The van der Waals surface area contributed by atoms with Crippen LogP contribution in [0.2, 0.25) is 0 Å². The van der Waals surface area contributed by atoms with Crippen LogP contribution in [0.5, 0.6) is 5.75 Å². The van der Waals surface area contributed by atoms with E-state index in [4.69, 9.17) is 14.7 Å². The molecule has 1 aliphatic carbocycles. The highest BCUT2D eigenvalue weighted by atomic mass is 16.5. The van der Waals surface area contributed by atoms with E-state index >= 15 is 0 Å². The summed E-state index contributed by atoms with van der Waals surface area (Å²) < 4.78 is 5.73. The fraction of sp³-hybridized carbons (Fsp3) is 0.481. The lowest BCUT2D eigenvalue weighted by molar-refractivity contribution is 0.314. The third-order valence-corrected chi connectivity index (χ3v) is 6.50. The third-order valence-electron chi connectivity index (χ3n) is 6.50. The van der Waals surface area contributed by atoms with Crippen LogP contribution in [0.15, 0.2) is 48.5 Å². The molecule has 1 aromatic heterocycles. The minimum Gasteiger partial charge on any atom is -0.494 e. The Kier molecular flexibility index (Phi) is 8.00. The van der Waals surface area contributed by atoms with E-state index in [0.29, 0.717) is 12.6 Å². The van der Waals surface area contributed by atoms with Gasteiger partial charge in [-0.25, -0.2) is 4.98 Å². The lowest BCUT2D eigenvalue weighted by atomic mass is 9.84. The van der Waals surface area contributed by atoms with Gasteiger partial charge in [0.05, 0.1) is 12.1 Å². The van der Waals surface area contributed by atoms with Crippen LogP contribution in [0.1, 0.15) is 44.6 Å². The number of aromatic nitrogens is 2. The summed E-state index contributed by atoms with van der Waals surface area (Å²) in [4.78, 5) is 11.6. The molecule has 6 heteroatoms. The molecule has 0 atom stereocenters. The number of fused-ring (bicyclic) bond motifs is 1. The van der Waals surface area contributed by atoms with Gasteiger partial charge in [0.25, 0.3) is 0 Å². The van der Waals surface area contributed by atoms with Gasteiger partial charge in [-0.15, -0.1) is 0 Å². The monoisotopic (exact) mass is 447 g/mol. The van der Waals surface area contributed by atoms with Gasteiger partial charge >= 0.3 is 0 Å². The molecule has 33 heavy (non-hydrogen) atoms. The first-order valence-corrected chi connectivity index (χ1v) is 12.3. The number of para-hydroxylation sites is 2. The summed E-state index contributed by atoms with van der Waals surface area (Å²) >= 11 is 0. The fourth-order valence-electron chi connectivity index (χ4n) is 4.72. The van der Waals surface area contributed by atoms with Gasteiger partial charge in [0.1, 0.15) is 11.6 Å². The van der Waals surface area contributed by atoms with Gasteiger partial charge in [-0.1, -0.05) is 30.3 Å². The second-order valence-corrected chi connectivity index (χ2v) is 9.15. The van der Waals surface area contributed by atoms with E-state index in [2.05, 4.69) is 45.9 Å². The van der Waals surface area contributed by atoms with Gasteiger partial charge in [-0.3, -0.25) is 0 Å². The molecule has 176 valence electrons. The van der Waals surface area contributed by atoms with E-state index < -0.39 is 0 Å². The van der Waals surface area contributed by atoms with Gasteiger partial charge in [0, 0.05) is 37.6 Å². The first kappa shape index (κ1) is 23.3. The molecule has 1 heterocycles. The summed E-state index contributed by atoms with van der Waals surface area (Å²) in [5, 5.41) is 8.32. The molecule has 0 spiro atoms. The minimum atomic E-state index is 0.448. The number of anilines is 2. The van der Waals surface area contributed by atoms with Gasteiger partial charge in [0.15, 0.2) is 0 Å². The topological polar surface area (TPSA) is 62.3 Å². The molecule has 3 aromatic rings. The highest BCUT2D eigenvalue weighted by molar-refractivity contribution is 5.90. The third kappa shape index (κ3) is 6.14. The van der Waals surface area contributed by atoms with Gasteiger partial charge in [0.2, 0.25) is 5.95 Å². The molecule has 4 rings (SSSR count). The summed E-state index contributed by atoms with van der Waals surface area (Å²) in [6, 6.07) is 17.0. The summed E-state index contributed by atoms with van der Waals surface area (Å²) in [6.07, 6.45) is 6.07. The average molecular weight is 448 g/mol. The smallest absolute Gasteiger partial charge is 0.225 e. The van der Waals surface area contributed by atoms with Crippen LogP contribution in [0.25, 0.3) is 10.9 Å². The van der Waals surface area contributed by atoms with Crippen LogP contribution in [0.4, 0.5) is 11.8 Å². The molecular weight excluding hydrogens is 410 g/mol. The lowest BCUT2D eigenvalue weighted by Crippen LogP contribution is -2.28. The van der Waals surface area contributed by atoms with Crippen LogP contribution in [0, 0.1) is 5.92 Å². The minimum absolute atomic E-state index is 0.448. The number of nitrogens with zero attached hydrogens (tertiary/aromatic N) is 3. The second kappa shape index (κ2) is 11.3. The van der Waals surface area contributed by atoms with E-state index in [9.17, 15) is 0 Å². The normalized spacial score (nSPS) is 18.3. The highest BCUT2D eigenvalue weighted by Gasteiger charge is 2.22. The van der Waals surface area contributed by atoms with Crippen molar-refractivity contribution in [2.24, 2.45) is 5.92 Å². The quantitative estimate of drug-likeness (QED) is 0.414. The molecule has 0 aliphatic heterocycles. The molecule has 6 nitrogen and oxygen atoms in total. The van der Waals surface area contributed by atoms with Crippen LogP contribution >= 0.6 is 0 Å². The molecule has 1 fully saturated rings. The summed E-state index contributed by atoms with van der Waals surface area (Å²) in [5.74, 6) is 3.49. The predicted molar refractivity (Wildman–Crippen MR) is 137 cm³/mol. The number of hydrogen-bond acceptors (Lipinski definition) is 6. The molecule has 1 saturated carbocycles. The Hall–Kier alpha value is -2.86. The highest BCUT2D eigenvalue weighted by Crippen LogP contribution is 2.29. The SMILES string of the molecule is CCOc1ccccc1CNCCC1CCC(Nc2nc(N(C)C)c3ccccc3n2)CC1. The average Bonchev–Trinajstić information content (AvgIpc) is 2.83. The molecule has 2 aromatic carbocycles. The molecule has 1 aliphatic rings. The Bertz CT molecular complexity index is 1030. The summed E-state index contributed by atoms with van der Waals surface area (Å²) in [6.45, 7) is 4.64. The molecule has 0 saturated heterocycles. The first-order chi connectivity index (χ1) is 16.1. The number of benzene rings is 2. The van der Waals surface area contributed by atoms with Gasteiger partial charge in [-0.2, -0.15) is 4.98 Å². The number of rotatable bonds is 10. The predicted octanol–water partition coefficient (Wildman–Crippen LogP) is 5.25. The van der Waals surface area contributed by atoms with E-state index in [1.54, 1.807) is 0 Å². The largest absolute Gasteiger partial charge is 0.494 e. The van der Waals surface area contributed by atoms with Crippen molar-refractivity contribution in [1.82, 2.24) is 15.3 Å². The maximum absolute atomic E-state index is 5.73. The molecule has 0 bridgehead atoms. The van der Waals surface area contributed by atoms with Crippen LogP contribution in [0.3, 0.4) is 0 Å².